The number of carbonyl (C=O) groups excluding carboxylic acids is 1. The van der Waals surface area contributed by atoms with Crippen LogP contribution in [0.15, 0.2) is 22.7 Å². The second-order valence-corrected chi connectivity index (χ2v) is 5.64. The molecule has 0 aromatic heterocycles. The lowest BCUT2D eigenvalue weighted by Crippen LogP contribution is -2.47. The maximum Gasteiger partial charge on any atom is 0.415 e. The van der Waals surface area contributed by atoms with E-state index in [-0.39, 0.29) is 18.2 Å². The van der Waals surface area contributed by atoms with Crippen molar-refractivity contribution in [1.82, 2.24) is 5.32 Å². The van der Waals surface area contributed by atoms with E-state index in [9.17, 15) is 4.79 Å². The average Bonchev–Trinajstić information content (AvgIpc) is 2.69. The molecule has 1 aromatic rings. The lowest BCUT2D eigenvalue weighted by molar-refractivity contribution is 0.121. The summed E-state index contributed by atoms with van der Waals surface area (Å²) >= 11 is 3.51. The second-order valence-electron chi connectivity index (χ2n) is 4.79. The van der Waals surface area contributed by atoms with Gasteiger partial charge in [-0.05, 0) is 37.6 Å². The number of ether oxygens (including phenoxy) is 1. The summed E-state index contributed by atoms with van der Waals surface area (Å²) in [5.41, 5.74) is 2.07. The number of fused-ring (bicyclic) bond motifs is 1. The first-order chi connectivity index (χ1) is 8.66. The summed E-state index contributed by atoms with van der Waals surface area (Å²) in [5, 5.41) is 3.26. The highest BCUT2D eigenvalue weighted by Crippen LogP contribution is 2.32. The minimum Gasteiger partial charge on any atom is -0.442 e. The fourth-order valence-corrected chi connectivity index (χ4v) is 2.95. The second kappa shape index (κ2) is 4.55. The van der Waals surface area contributed by atoms with Gasteiger partial charge in [0.1, 0.15) is 6.10 Å². The van der Waals surface area contributed by atoms with Crippen molar-refractivity contribution in [1.29, 1.82) is 0 Å². The Morgan fingerprint density at radius 1 is 1.50 bits per heavy atom. The third-order valence-electron chi connectivity index (χ3n) is 3.61. The SMILES string of the molecule is Cc1ccc(N2C(=O)OC3CNCCC32)cc1Br. The molecule has 2 unspecified atom stereocenters. The Morgan fingerprint density at radius 2 is 2.33 bits per heavy atom. The summed E-state index contributed by atoms with van der Waals surface area (Å²) < 4.78 is 6.43. The van der Waals surface area contributed by atoms with E-state index >= 15 is 0 Å². The monoisotopic (exact) mass is 310 g/mol. The molecule has 2 saturated heterocycles. The molecule has 1 amide bonds. The molecule has 4 nitrogen and oxygen atoms in total. The van der Waals surface area contributed by atoms with E-state index in [1.54, 1.807) is 4.90 Å². The van der Waals surface area contributed by atoms with Crippen molar-refractivity contribution < 1.29 is 9.53 Å². The zero-order valence-electron chi connectivity index (χ0n) is 10.1. The van der Waals surface area contributed by atoms with Gasteiger partial charge in [-0.15, -0.1) is 0 Å². The zero-order valence-corrected chi connectivity index (χ0v) is 11.7. The normalized spacial score (nSPS) is 27.0. The smallest absolute Gasteiger partial charge is 0.415 e. The van der Waals surface area contributed by atoms with E-state index in [0.29, 0.717) is 0 Å². The van der Waals surface area contributed by atoms with Crippen LogP contribution < -0.4 is 10.2 Å². The van der Waals surface area contributed by atoms with Gasteiger partial charge in [-0.25, -0.2) is 4.79 Å². The van der Waals surface area contributed by atoms with E-state index < -0.39 is 0 Å². The van der Waals surface area contributed by atoms with Crippen LogP contribution in [-0.2, 0) is 4.74 Å². The van der Waals surface area contributed by atoms with E-state index in [0.717, 1.165) is 35.2 Å². The third-order valence-corrected chi connectivity index (χ3v) is 4.46. The minimum atomic E-state index is -0.232. The van der Waals surface area contributed by atoms with Crippen LogP contribution in [0.3, 0.4) is 0 Å². The van der Waals surface area contributed by atoms with Crippen molar-refractivity contribution in [3.8, 4) is 0 Å². The van der Waals surface area contributed by atoms with Gasteiger partial charge in [0.25, 0.3) is 0 Å². The molecule has 1 N–H and O–H groups in total. The number of nitrogens with one attached hydrogen (secondary N) is 1. The molecule has 2 fully saturated rings. The highest BCUT2D eigenvalue weighted by Gasteiger charge is 2.43. The fraction of sp³-hybridized carbons (Fsp3) is 0.462. The van der Waals surface area contributed by atoms with Gasteiger partial charge in [0.05, 0.1) is 6.04 Å². The molecule has 18 heavy (non-hydrogen) atoms. The molecular formula is C13H15BrN2O2. The lowest BCUT2D eigenvalue weighted by atomic mass is 10.0. The van der Waals surface area contributed by atoms with Crippen LogP contribution in [0.1, 0.15) is 12.0 Å². The Balaban J connectivity index is 1.94. The maximum atomic E-state index is 12.0. The van der Waals surface area contributed by atoms with Crippen LogP contribution in [0.5, 0.6) is 0 Å². The first kappa shape index (κ1) is 12.0. The summed E-state index contributed by atoms with van der Waals surface area (Å²) in [4.78, 5) is 13.8. The number of hydrogen-bond acceptors (Lipinski definition) is 3. The molecule has 2 aliphatic heterocycles. The summed E-state index contributed by atoms with van der Waals surface area (Å²) in [6, 6.07) is 6.14. The predicted molar refractivity (Wildman–Crippen MR) is 72.9 cm³/mol. The Bertz CT molecular complexity index is 492. The molecule has 1 aromatic carbocycles. The molecule has 2 aliphatic rings. The van der Waals surface area contributed by atoms with Crippen molar-refractivity contribution in [3.63, 3.8) is 0 Å². The number of aryl methyl sites for hydroxylation is 1. The summed E-state index contributed by atoms with van der Waals surface area (Å²) in [7, 11) is 0. The van der Waals surface area contributed by atoms with Crippen LogP contribution >= 0.6 is 15.9 Å². The Morgan fingerprint density at radius 3 is 3.11 bits per heavy atom. The molecule has 3 rings (SSSR count). The summed E-state index contributed by atoms with van der Waals surface area (Å²) in [6.45, 7) is 3.71. The maximum absolute atomic E-state index is 12.0. The van der Waals surface area contributed by atoms with E-state index in [2.05, 4.69) is 21.2 Å². The van der Waals surface area contributed by atoms with Crippen molar-refractivity contribution >= 4 is 27.7 Å². The van der Waals surface area contributed by atoms with E-state index in [1.165, 1.54) is 0 Å². The molecule has 0 spiro atoms. The molecule has 0 bridgehead atoms. The van der Waals surface area contributed by atoms with E-state index in [1.807, 2.05) is 25.1 Å². The number of anilines is 1. The average molecular weight is 311 g/mol. The van der Waals surface area contributed by atoms with E-state index in [4.69, 9.17) is 4.74 Å². The lowest BCUT2D eigenvalue weighted by Gasteiger charge is -2.28. The molecule has 0 radical (unpaired) electrons. The minimum absolute atomic E-state index is 0.0219. The number of nitrogens with zero attached hydrogens (tertiary/aromatic N) is 1. The van der Waals surface area contributed by atoms with Crippen LogP contribution in [0.2, 0.25) is 0 Å². The first-order valence-electron chi connectivity index (χ1n) is 6.13. The van der Waals surface area contributed by atoms with Crippen LogP contribution in [0.25, 0.3) is 0 Å². The Labute approximate surface area is 114 Å². The number of amides is 1. The number of carbonyl (C=O) groups is 1. The summed E-state index contributed by atoms with van der Waals surface area (Å²) in [5.74, 6) is 0. The molecule has 5 heteroatoms. The number of hydrogen-bond donors (Lipinski definition) is 1. The van der Waals surface area contributed by atoms with Gasteiger partial charge >= 0.3 is 6.09 Å². The van der Waals surface area contributed by atoms with Gasteiger partial charge < -0.3 is 10.1 Å². The van der Waals surface area contributed by atoms with Crippen molar-refractivity contribution in [2.75, 3.05) is 18.0 Å². The van der Waals surface area contributed by atoms with Crippen molar-refractivity contribution in [3.05, 3.63) is 28.2 Å². The fourth-order valence-electron chi connectivity index (χ4n) is 2.58. The van der Waals surface area contributed by atoms with Gasteiger partial charge in [-0.1, -0.05) is 22.0 Å². The van der Waals surface area contributed by atoms with Gasteiger partial charge in [0.15, 0.2) is 0 Å². The molecule has 2 heterocycles. The predicted octanol–water partition coefficient (Wildman–Crippen LogP) is 2.44. The molecule has 0 saturated carbocycles. The molecule has 2 atom stereocenters. The Hall–Kier alpha value is -1.07. The largest absolute Gasteiger partial charge is 0.442 e. The standard InChI is InChI=1S/C13H15BrN2O2/c1-8-2-3-9(6-10(8)14)16-11-4-5-15-7-12(11)18-13(16)17/h2-3,6,11-12,15H,4-5,7H2,1H3. The van der Waals surface area contributed by atoms with Gasteiger partial charge in [0, 0.05) is 16.7 Å². The van der Waals surface area contributed by atoms with Crippen LogP contribution in [0.4, 0.5) is 10.5 Å². The Kier molecular flexibility index (Phi) is 3.03. The topological polar surface area (TPSA) is 41.6 Å². The van der Waals surface area contributed by atoms with Crippen LogP contribution in [0, 0.1) is 6.92 Å². The van der Waals surface area contributed by atoms with Gasteiger partial charge in [-0.2, -0.15) is 0 Å². The number of rotatable bonds is 1. The van der Waals surface area contributed by atoms with Crippen molar-refractivity contribution in [2.24, 2.45) is 0 Å². The number of benzene rings is 1. The number of piperidine rings is 1. The molecule has 96 valence electrons. The first-order valence-corrected chi connectivity index (χ1v) is 6.93. The highest BCUT2D eigenvalue weighted by atomic mass is 79.9. The molecular weight excluding hydrogens is 296 g/mol. The van der Waals surface area contributed by atoms with Crippen molar-refractivity contribution in [2.45, 2.75) is 25.5 Å². The molecule has 0 aliphatic carbocycles. The van der Waals surface area contributed by atoms with Crippen LogP contribution in [-0.4, -0.2) is 31.3 Å². The quantitative estimate of drug-likeness (QED) is 0.866. The zero-order chi connectivity index (χ0) is 12.7. The van der Waals surface area contributed by atoms with Gasteiger partial charge in [0.2, 0.25) is 0 Å². The summed E-state index contributed by atoms with van der Waals surface area (Å²) in [6.07, 6.45) is 0.679. The van der Waals surface area contributed by atoms with Gasteiger partial charge in [-0.3, -0.25) is 4.90 Å². The number of halogens is 1. The highest BCUT2D eigenvalue weighted by molar-refractivity contribution is 9.10. The third kappa shape index (κ3) is 1.91.